The molecule has 2 N–H and O–H groups in total. The third-order valence-electron chi connectivity index (χ3n) is 4.06. The van der Waals surface area contributed by atoms with Crippen LogP contribution in [0, 0.1) is 5.82 Å². The molecule has 116 valence electrons. The number of amides is 1. The zero-order valence-electron chi connectivity index (χ0n) is 11.2. The molecule has 2 heterocycles. The lowest BCUT2D eigenvalue weighted by Crippen LogP contribution is -2.48. The van der Waals surface area contributed by atoms with Crippen molar-refractivity contribution in [3.05, 3.63) is 33.6 Å². The lowest BCUT2D eigenvalue weighted by Gasteiger charge is -2.29. The molecule has 2 bridgehead atoms. The Balaban J connectivity index is 0.00000161. The second kappa shape index (κ2) is 6.69. The third kappa shape index (κ3) is 3.62. The van der Waals surface area contributed by atoms with Gasteiger partial charge < -0.3 is 10.6 Å². The molecule has 1 amide bonds. The summed E-state index contributed by atoms with van der Waals surface area (Å²) in [5.74, 6) is -0.969. The van der Waals surface area contributed by atoms with E-state index < -0.39 is 5.82 Å². The summed E-state index contributed by atoms with van der Waals surface area (Å²) < 4.78 is 13.5. The van der Waals surface area contributed by atoms with Gasteiger partial charge in [-0.2, -0.15) is 0 Å². The number of rotatable bonds is 2. The number of nitrogens with one attached hydrogen (secondary N) is 2. The predicted molar refractivity (Wildman–Crippen MR) is 84.1 cm³/mol. The summed E-state index contributed by atoms with van der Waals surface area (Å²) in [6.45, 7) is 0. The van der Waals surface area contributed by atoms with Gasteiger partial charge in [-0.3, -0.25) is 4.79 Å². The molecule has 2 atom stereocenters. The molecule has 21 heavy (non-hydrogen) atoms. The zero-order chi connectivity index (χ0) is 14.3. The van der Waals surface area contributed by atoms with Crippen LogP contribution in [0.25, 0.3) is 0 Å². The molecular weight excluding hydrogens is 338 g/mol. The van der Waals surface area contributed by atoms with Gasteiger partial charge in [0.25, 0.3) is 5.91 Å². The van der Waals surface area contributed by atoms with Gasteiger partial charge in [0.05, 0.1) is 15.6 Å². The summed E-state index contributed by atoms with van der Waals surface area (Å²) in [6.07, 6.45) is 4.15. The first kappa shape index (κ1) is 16.8. The summed E-state index contributed by atoms with van der Waals surface area (Å²) in [5.41, 5.74) is 0.138. The molecular formula is C14H16Cl3FN2O. The molecule has 1 aromatic carbocycles. The number of carbonyl (C=O) groups excluding carboxylic acids is 1. The number of fused-ring (bicyclic) bond motifs is 2. The van der Waals surface area contributed by atoms with Crippen molar-refractivity contribution in [3.63, 3.8) is 0 Å². The number of carbonyl (C=O) groups is 1. The first-order chi connectivity index (χ1) is 9.52. The summed E-state index contributed by atoms with van der Waals surface area (Å²) in [5, 5.41) is 6.55. The number of piperidine rings is 1. The molecule has 0 aliphatic carbocycles. The number of hydrogen-bond acceptors (Lipinski definition) is 2. The van der Waals surface area contributed by atoms with Crippen LogP contribution in [0.2, 0.25) is 10.0 Å². The van der Waals surface area contributed by atoms with Crippen LogP contribution in [0.1, 0.15) is 36.0 Å². The van der Waals surface area contributed by atoms with Crippen molar-refractivity contribution in [2.45, 2.75) is 43.8 Å². The molecule has 0 aromatic heterocycles. The first-order valence-corrected chi connectivity index (χ1v) is 7.50. The monoisotopic (exact) mass is 352 g/mol. The molecule has 2 aliphatic rings. The van der Waals surface area contributed by atoms with Gasteiger partial charge in [0.2, 0.25) is 0 Å². The summed E-state index contributed by atoms with van der Waals surface area (Å²) in [6, 6.07) is 3.44. The van der Waals surface area contributed by atoms with Crippen LogP contribution in [0.4, 0.5) is 4.39 Å². The lowest BCUT2D eigenvalue weighted by atomic mass is 9.99. The van der Waals surface area contributed by atoms with E-state index in [1.54, 1.807) is 0 Å². The van der Waals surface area contributed by atoms with Crippen LogP contribution in [-0.4, -0.2) is 24.0 Å². The molecule has 0 radical (unpaired) electrons. The fraction of sp³-hybridized carbons (Fsp3) is 0.500. The van der Waals surface area contributed by atoms with E-state index in [1.807, 2.05) is 0 Å². The van der Waals surface area contributed by atoms with Crippen LogP contribution in [0.3, 0.4) is 0 Å². The Hall–Kier alpha value is -0.550. The van der Waals surface area contributed by atoms with Crippen molar-refractivity contribution >= 4 is 41.5 Å². The molecule has 2 fully saturated rings. The van der Waals surface area contributed by atoms with Gasteiger partial charge in [-0.25, -0.2) is 4.39 Å². The summed E-state index contributed by atoms with van der Waals surface area (Å²) in [4.78, 5) is 12.2. The average Bonchev–Trinajstić information content (AvgIpc) is 2.73. The second-order valence-corrected chi connectivity index (χ2v) is 6.34. The Kier molecular flexibility index (Phi) is 5.36. The first-order valence-electron chi connectivity index (χ1n) is 6.74. The van der Waals surface area contributed by atoms with Gasteiger partial charge in [-0.05, 0) is 37.8 Å². The Morgan fingerprint density at radius 1 is 1.19 bits per heavy atom. The largest absolute Gasteiger partial charge is 0.349 e. The van der Waals surface area contributed by atoms with Crippen molar-refractivity contribution in [1.29, 1.82) is 0 Å². The fourth-order valence-electron chi connectivity index (χ4n) is 3.13. The van der Waals surface area contributed by atoms with Crippen LogP contribution in [-0.2, 0) is 0 Å². The predicted octanol–water partition coefficient (Wildman–Crippen LogP) is 3.57. The molecule has 3 rings (SSSR count). The van der Waals surface area contributed by atoms with E-state index in [9.17, 15) is 9.18 Å². The zero-order valence-corrected chi connectivity index (χ0v) is 13.5. The standard InChI is InChI=1S/C14H15Cl2FN2O.ClH/c15-11-6-12(16)13(17)5-10(11)14(20)19-9-3-7-1-2-8(4-9)18-7;/h5-9,18H,1-4H2,(H,19,20);1H. The second-order valence-electron chi connectivity index (χ2n) is 5.53. The van der Waals surface area contributed by atoms with Gasteiger partial charge >= 0.3 is 0 Å². The minimum atomic E-state index is -0.633. The Morgan fingerprint density at radius 2 is 1.81 bits per heavy atom. The SMILES string of the molecule is Cl.O=C(NC1CC2CCC(C1)N2)c1cc(F)c(Cl)cc1Cl. The van der Waals surface area contributed by atoms with Crippen LogP contribution in [0.15, 0.2) is 12.1 Å². The third-order valence-corrected chi connectivity index (χ3v) is 4.67. The lowest BCUT2D eigenvalue weighted by molar-refractivity contribution is 0.0923. The molecule has 0 saturated carbocycles. The Morgan fingerprint density at radius 3 is 2.43 bits per heavy atom. The smallest absolute Gasteiger partial charge is 0.253 e. The van der Waals surface area contributed by atoms with Gasteiger partial charge in [0.1, 0.15) is 5.82 Å². The summed E-state index contributed by atoms with van der Waals surface area (Å²) in [7, 11) is 0. The highest BCUT2D eigenvalue weighted by atomic mass is 35.5. The topological polar surface area (TPSA) is 41.1 Å². The van der Waals surface area contributed by atoms with Crippen LogP contribution >= 0.6 is 35.6 Å². The normalized spacial score (nSPS) is 27.1. The maximum atomic E-state index is 13.5. The van der Waals surface area contributed by atoms with E-state index in [2.05, 4.69) is 10.6 Å². The molecule has 3 nitrogen and oxygen atoms in total. The van der Waals surface area contributed by atoms with Gasteiger partial charge in [0.15, 0.2) is 0 Å². The van der Waals surface area contributed by atoms with Crippen LogP contribution in [0.5, 0.6) is 0 Å². The minimum absolute atomic E-state index is 0. The Labute approximate surface area is 139 Å². The highest BCUT2D eigenvalue weighted by Gasteiger charge is 2.34. The van der Waals surface area contributed by atoms with Crippen molar-refractivity contribution in [2.24, 2.45) is 0 Å². The van der Waals surface area contributed by atoms with Crippen molar-refractivity contribution in [3.8, 4) is 0 Å². The van der Waals surface area contributed by atoms with E-state index in [0.717, 1.165) is 31.7 Å². The average molecular weight is 354 g/mol. The van der Waals surface area contributed by atoms with E-state index in [0.29, 0.717) is 12.1 Å². The number of halogens is 4. The minimum Gasteiger partial charge on any atom is -0.349 e. The van der Waals surface area contributed by atoms with E-state index in [4.69, 9.17) is 23.2 Å². The molecule has 2 aliphatic heterocycles. The van der Waals surface area contributed by atoms with E-state index >= 15 is 0 Å². The molecule has 2 saturated heterocycles. The maximum absolute atomic E-state index is 13.5. The summed E-state index contributed by atoms with van der Waals surface area (Å²) >= 11 is 11.6. The fourth-order valence-corrected chi connectivity index (χ4v) is 3.60. The number of hydrogen-bond donors (Lipinski definition) is 2. The molecule has 7 heteroatoms. The highest BCUT2D eigenvalue weighted by Crippen LogP contribution is 2.28. The van der Waals surface area contributed by atoms with Crippen molar-refractivity contribution in [2.75, 3.05) is 0 Å². The van der Waals surface area contributed by atoms with E-state index in [1.165, 1.54) is 6.07 Å². The Bertz CT molecular complexity index is 543. The molecule has 1 aromatic rings. The molecule has 2 unspecified atom stereocenters. The maximum Gasteiger partial charge on any atom is 0.253 e. The molecule has 0 spiro atoms. The van der Waals surface area contributed by atoms with E-state index in [-0.39, 0.29) is 40.0 Å². The van der Waals surface area contributed by atoms with Gasteiger partial charge in [0, 0.05) is 18.1 Å². The number of benzene rings is 1. The van der Waals surface area contributed by atoms with Gasteiger partial charge in [-0.1, -0.05) is 23.2 Å². The van der Waals surface area contributed by atoms with Gasteiger partial charge in [-0.15, -0.1) is 12.4 Å². The quantitative estimate of drug-likeness (QED) is 0.798. The van der Waals surface area contributed by atoms with Crippen LogP contribution < -0.4 is 10.6 Å². The van der Waals surface area contributed by atoms with Crippen molar-refractivity contribution < 1.29 is 9.18 Å². The van der Waals surface area contributed by atoms with Crippen molar-refractivity contribution in [1.82, 2.24) is 10.6 Å². The highest BCUT2D eigenvalue weighted by molar-refractivity contribution is 6.36.